The molecule has 1 N–H and O–H groups in total. The number of rotatable bonds is 3. The Bertz CT molecular complexity index is 990. The maximum atomic E-state index is 13.7. The van der Waals surface area contributed by atoms with Gasteiger partial charge in [-0.05, 0) is 57.3 Å². The van der Waals surface area contributed by atoms with Crippen molar-refractivity contribution in [3.8, 4) is 0 Å². The number of alkyl halides is 3. The van der Waals surface area contributed by atoms with Gasteiger partial charge in [-0.15, -0.1) is 0 Å². The van der Waals surface area contributed by atoms with E-state index in [1.165, 1.54) is 4.57 Å². The number of benzene rings is 1. The van der Waals surface area contributed by atoms with E-state index in [4.69, 9.17) is 11.6 Å². The molecule has 0 amide bonds. The topological polar surface area (TPSA) is 42.7 Å². The summed E-state index contributed by atoms with van der Waals surface area (Å²) < 4.78 is 42.4. The van der Waals surface area contributed by atoms with E-state index in [1.54, 1.807) is 6.07 Å². The lowest BCUT2D eigenvalue weighted by Gasteiger charge is -2.23. The molecule has 144 valence electrons. The van der Waals surface area contributed by atoms with Gasteiger partial charge in [-0.25, -0.2) is 9.97 Å². The van der Waals surface area contributed by atoms with Crippen LogP contribution in [0.1, 0.15) is 30.7 Å². The molecule has 27 heavy (non-hydrogen) atoms. The number of nitrogens with zero attached hydrogens (tertiary/aromatic N) is 3. The summed E-state index contributed by atoms with van der Waals surface area (Å²) in [6, 6.07) is 5.51. The molecule has 0 unspecified atom stereocenters. The Morgan fingerprint density at radius 3 is 2.67 bits per heavy atom. The first kappa shape index (κ1) is 18.5. The molecule has 1 aliphatic heterocycles. The van der Waals surface area contributed by atoms with Crippen molar-refractivity contribution < 1.29 is 13.2 Å². The fourth-order valence-electron chi connectivity index (χ4n) is 3.88. The Balaban J connectivity index is 1.89. The summed E-state index contributed by atoms with van der Waals surface area (Å²) in [7, 11) is 0. The molecule has 0 saturated carbocycles. The van der Waals surface area contributed by atoms with E-state index >= 15 is 0 Å². The van der Waals surface area contributed by atoms with Crippen molar-refractivity contribution in [2.75, 3.05) is 13.1 Å². The summed E-state index contributed by atoms with van der Waals surface area (Å²) in [6.45, 7) is 4.00. The van der Waals surface area contributed by atoms with Crippen LogP contribution < -0.4 is 5.32 Å². The number of piperidine rings is 1. The van der Waals surface area contributed by atoms with Crippen molar-refractivity contribution in [1.82, 2.24) is 19.9 Å². The number of aromatic nitrogens is 3. The fraction of sp³-hybridized carbons (Fsp3) is 0.474. The normalized spacial score (nSPS) is 16.5. The molecule has 2 aromatic heterocycles. The molecule has 0 spiro atoms. The molecular weight excluding hydrogens is 377 g/mol. The first-order chi connectivity index (χ1) is 12.8. The predicted molar refractivity (Wildman–Crippen MR) is 100.0 cm³/mol. The van der Waals surface area contributed by atoms with Crippen LogP contribution in [0.5, 0.6) is 0 Å². The van der Waals surface area contributed by atoms with E-state index in [2.05, 4.69) is 15.3 Å². The lowest BCUT2D eigenvalue weighted by Crippen LogP contribution is -2.28. The van der Waals surface area contributed by atoms with Crippen LogP contribution in [0.3, 0.4) is 0 Å². The van der Waals surface area contributed by atoms with Gasteiger partial charge in [-0.2, -0.15) is 13.2 Å². The first-order valence-corrected chi connectivity index (χ1v) is 9.46. The highest BCUT2D eigenvalue weighted by molar-refractivity contribution is 6.35. The number of nitrogens with one attached hydrogen (secondary N) is 1. The number of imidazole rings is 1. The Kier molecular flexibility index (Phi) is 4.76. The van der Waals surface area contributed by atoms with Crippen molar-refractivity contribution in [1.29, 1.82) is 0 Å². The number of hydrogen-bond acceptors (Lipinski definition) is 3. The van der Waals surface area contributed by atoms with Crippen molar-refractivity contribution in [2.45, 2.75) is 38.9 Å². The lowest BCUT2D eigenvalue weighted by atomic mass is 9.94. The van der Waals surface area contributed by atoms with Crippen LogP contribution in [0, 0.1) is 12.8 Å². The Morgan fingerprint density at radius 2 is 1.96 bits per heavy atom. The van der Waals surface area contributed by atoms with Crippen LogP contribution in [0.25, 0.3) is 21.9 Å². The number of aryl methyl sites for hydroxylation is 2. The van der Waals surface area contributed by atoms with Gasteiger partial charge in [0.05, 0.1) is 11.0 Å². The Hall–Kier alpha value is -1.86. The molecule has 0 aliphatic carbocycles. The summed E-state index contributed by atoms with van der Waals surface area (Å²) in [5, 5.41) is 3.95. The van der Waals surface area contributed by atoms with Gasteiger partial charge < -0.3 is 9.88 Å². The third kappa shape index (κ3) is 3.50. The van der Waals surface area contributed by atoms with Crippen LogP contribution in [0.4, 0.5) is 13.2 Å². The van der Waals surface area contributed by atoms with Gasteiger partial charge in [0, 0.05) is 11.9 Å². The molecule has 0 atom stereocenters. The molecule has 1 fully saturated rings. The average molecular weight is 397 g/mol. The summed E-state index contributed by atoms with van der Waals surface area (Å²) in [5.41, 5.74) is 2.07. The van der Waals surface area contributed by atoms with Gasteiger partial charge in [0.1, 0.15) is 5.52 Å². The Labute approximate surface area is 159 Å². The van der Waals surface area contributed by atoms with Crippen molar-refractivity contribution in [2.24, 2.45) is 5.92 Å². The van der Waals surface area contributed by atoms with E-state index in [0.29, 0.717) is 28.8 Å². The van der Waals surface area contributed by atoms with E-state index in [1.807, 2.05) is 19.1 Å². The molecule has 1 aromatic carbocycles. The molecule has 0 radical (unpaired) electrons. The van der Waals surface area contributed by atoms with E-state index in [0.717, 1.165) is 31.5 Å². The van der Waals surface area contributed by atoms with Crippen LogP contribution in [0.15, 0.2) is 18.2 Å². The largest absolute Gasteiger partial charge is 0.449 e. The molecule has 1 saturated heterocycles. The van der Waals surface area contributed by atoms with E-state index in [-0.39, 0.29) is 17.2 Å². The third-order valence-electron chi connectivity index (χ3n) is 5.26. The lowest BCUT2D eigenvalue weighted by molar-refractivity contribution is -0.147. The van der Waals surface area contributed by atoms with Crippen LogP contribution in [-0.2, 0) is 12.7 Å². The molecular formula is C19H20ClF3N4. The van der Waals surface area contributed by atoms with Crippen molar-refractivity contribution >= 4 is 33.5 Å². The summed E-state index contributed by atoms with van der Waals surface area (Å²) in [6.07, 6.45) is -1.90. The molecule has 1 aliphatic rings. The van der Waals surface area contributed by atoms with Crippen molar-refractivity contribution in [3.63, 3.8) is 0 Å². The number of pyridine rings is 1. The van der Waals surface area contributed by atoms with Gasteiger partial charge in [-0.1, -0.05) is 23.2 Å². The highest BCUT2D eigenvalue weighted by Gasteiger charge is 2.38. The Morgan fingerprint density at radius 1 is 1.22 bits per heavy atom. The number of fused-ring (bicyclic) bond motifs is 3. The molecule has 4 nitrogen and oxygen atoms in total. The fourth-order valence-corrected chi connectivity index (χ4v) is 4.10. The number of hydrogen-bond donors (Lipinski definition) is 1. The second-order valence-corrected chi connectivity index (χ2v) is 7.55. The highest BCUT2D eigenvalue weighted by Crippen LogP contribution is 2.37. The molecule has 8 heteroatoms. The summed E-state index contributed by atoms with van der Waals surface area (Å²) in [4.78, 5) is 8.10. The first-order valence-electron chi connectivity index (χ1n) is 9.08. The zero-order valence-electron chi connectivity index (χ0n) is 14.9. The zero-order valence-corrected chi connectivity index (χ0v) is 15.7. The molecule has 0 bridgehead atoms. The molecule has 4 rings (SSSR count). The second kappa shape index (κ2) is 6.95. The van der Waals surface area contributed by atoms with Crippen LogP contribution in [0.2, 0.25) is 5.15 Å². The zero-order chi connectivity index (χ0) is 19.2. The molecule has 3 aromatic rings. The smallest absolute Gasteiger partial charge is 0.320 e. The van der Waals surface area contributed by atoms with Gasteiger partial charge in [0.15, 0.2) is 5.15 Å². The number of halogens is 4. The monoisotopic (exact) mass is 396 g/mol. The average Bonchev–Trinajstić information content (AvgIpc) is 3.02. The van der Waals surface area contributed by atoms with E-state index in [9.17, 15) is 13.2 Å². The minimum absolute atomic E-state index is 0.00692. The standard InChI is InChI=1S/C19H20ClF3N4/c1-11-2-3-14-13(10-11)16-15(17(20)25-14)26-18(19(21,22)23)27(16)9-6-12-4-7-24-8-5-12/h2-3,10,12,24H,4-9H2,1H3. The third-order valence-corrected chi connectivity index (χ3v) is 5.53. The van der Waals surface area contributed by atoms with Gasteiger partial charge in [0.2, 0.25) is 5.82 Å². The SMILES string of the molecule is Cc1ccc2nc(Cl)c3nc(C(F)(F)F)n(CCC4CCNCC4)c3c2c1. The van der Waals surface area contributed by atoms with Gasteiger partial charge in [0.25, 0.3) is 0 Å². The highest BCUT2D eigenvalue weighted by atomic mass is 35.5. The van der Waals surface area contributed by atoms with E-state index < -0.39 is 12.0 Å². The van der Waals surface area contributed by atoms with Gasteiger partial charge >= 0.3 is 6.18 Å². The maximum Gasteiger partial charge on any atom is 0.449 e. The summed E-state index contributed by atoms with van der Waals surface area (Å²) in [5.74, 6) is -0.487. The predicted octanol–water partition coefficient (Wildman–Crippen LogP) is 4.95. The maximum absolute atomic E-state index is 13.7. The minimum Gasteiger partial charge on any atom is -0.320 e. The van der Waals surface area contributed by atoms with Crippen LogP contribution >= 0.6 is 11.6 Å². The quantitative estimate of drug-likeness (QED) is 0.636. The second-order valence-electron chi connectivity index (χ2n) is 7.19. The van der Waals surface area contributed by atoms with Gasteiger partial charge in [-0.3, -0.25) is 0 Å². The molecule has 3 heterocycles. The minimum atomic E-state index is -4.55. The van der Waals surface area contributed by atoms with Crippen molar-refractivity contribution in [3.05, 3.63) is 34.7 Å². The summed E-state index contributed by atoms with van der Waals surface area (Å²) >= 11 is 6.20. The van der Waals surface area contributed by atoms with Crippen LogP contribution in [-0.4, -0.2) is 27.6 Å².